The summed E-state index contributed by atoms with van der Waals surface area (Å²) in [5.41, 5.74) is 5.55. The molecule has 0 bridgehead atoms. The van der Waals surface area contributed by atoms with Crippen LogP contribution in [0.1, 0.15) is 162 Å². The van der Waals surface area contributed by atoms with Crippen LogP contribution < -0.4 is 26.9 Å². The van der Waals surface area contributed by atoms with Crippen molar-refractivity contribution in [2.24, 2.45) is 5.41 Å². The number of nitrogens with one attached hydrogen (secondary N) is 5. The first kappa shape index (κ1) is 50.6. The molecule has 0 aromatic heterocycles. The van der Waals surface area contributed by atoms with Crippen LogP contribution in [0.4, 0.5) is 0 Å². The van der Waals surface area contributed by atoms with Crippen molar-refractivity contribution in [3.8, 4) is 0 Å². The molecule has 1 rings (SSSR count). The van der Waals surface area contributed by atoms with Gasteiger partial charge in [-0.15, -0.1) is 5.53 Å². The number of hydrogen-bond acceptors (Lipinski definition) is 10. The van der Waals surface area contributed by atoms with Gasteiger partial charge in [-0.2, -0.15) is 0 Å². The highest BCUT2D eigenvalue weighted by Gasteiger charge is 2.30. The lowest BCUT2D eigenvalue weighted by Gasteiger charge is -2.19. The first-order valence-electron chi connectivity index (χ1n) is 21.4. The van der Waals surface area contributed by atoms with Gasteiger partial charge in [0.15, 0.2) is 0 Å². The zero-order valence-electron chi connectivity index (χ0n) is 34.9. The summed E-state index contributed by atoms with van der Waals surface area (Å²) in [6.07, 6.45) is 22.0. The molecule has 1 atom stereocenters. The van der Waals surface area contributed by atoms with Crippen molar-refractivity contribution < 1.29 is 43.7 Å². The van der Waals surface area contributed by atoms with Gasteiger partial charge in [-0.3, -0.25) is 24.2 Å². The average Bonchev–Trinajstić information content (AvgIpc) is 3.60. The van der Waals surface area contributed by atoms with E-state index in [1.807, 2.05) is 0 Å². The van der Waals surface area contributed by atoms with E-state index in [1.54, 1.807) is 25.1 Å². The molecule has 0 spiro atoms. The van der Waals surface area contributed by atoms with Crippen molar-refractivity contribution >= 4 is 29.7 Å². The summed E-state index contributed by atoms with van der Waals surface area (Å²) >= 11 is 0. The van der Waals surface area contributed by atoms with E-state index in [0.29, 0.717) is 51.3 Å². The van der Waals surface area contributed by atoms with E-state index in [1.165, 1.54) is 12.8 Å². The number of unbranched alkanes of at least 4 members (excludes halogenated alkanes) is 15. The van der Waals surface area contributed by atoms with Gasteiger partial charge >= 0.3 is 11.9 Å². The normalized spacial score (nSPS) is 13.2. The maximum absolute atomic E-state index is 12.4. The second kappa shape index (κ2) is 32.6. The van der Waals surface area contributed by atoms with Gasteiger partial charge in [-0.25, -0.2) is 4.79 Å². The third-order valence-electron chi connectivity index (χ3n) is 9.73. The SMILES string of the molecule is CCCCOCCOCC(=O)NCCCCCCCCCCC(=O)NCCCCCCCCCCC(=O)NC(CCN1C=C(CC(C)(C)C(=O)O)NN1)C(=O)O. The molecule has 1 aliphatic heterocycles. The van der Waals surface area contributed by atoms with E-state index >= 15 is 0 Å². The van der Waals surface area contributed by atoms with Gasteiger partial charge in [-0.1, -0.05) is 90.4 Å². The van der Waals surface area contributed by atoms with E-state index in [2.05, 4.69) is 33.8 Å². The van der Waals surface area contributed by atoms with Crippen LogP contribution in [0.25, 0.3) is 0 Å². The molecule has 324 valence electrons. The van der Waals surface area contributed by atoms with Gasteiger partial charge < -0.3 is 41.1 Å². The fraction of sp³-hybridized carbons (Fsp3) is 0.829. The van der Waals surface area contributed by atoms with Crippen LogP contribution >= 0.6 is 0 Å². The number of carboxylic acid groups (broad SMARTS) is 2. The lowest BCUT2D eigenvalue weighted by molar-refractivity contribution is -0.147. The summed E-state index contributed by atoms with van der Waals surface area (Å²) < 4.78 is 10.7. The molecule has 3 amide bonds. The number of carbonyl (C=O) groups excluding carboxylic acids is 3. The van der Waals surface area contributed by atoms with Crippen molar-refractivity contribution in [2.45, 2.75) is 168 Å². The highest BCUT2D eigenvalue weighted by atomic mass is 16.5. The second-order valence-corrected chi connectivity index (χ2v) is 15.6. The zero-order valence-corrected chi connectivity index (χ0v) is 34.9. The van der Waals surface area contributed by atoms with Crippen LogP contribution in [-0.4, -0.2) is 97.0 Å². The number of carbonyl (C=O) groups is 5. The van der Waals surface area contributed by atoms with Gasteiger partial charge in [-0.05, 0) is 52.4 Å². The van der Waals surface area contributed by atoms with E-state index in [0.717, 1.165) is 109 Å². The fourth-order valence-corrected chi connectivity index (χ4v) is 6.12. The van der Waals surface area contributed by atoms with Crippen LogP contribution in [0.5, 0.6) is 0 Å². The summed E-state index contributed by atoms with van der Waals surface area (Å²) in [6.45, 7) is 8.93. The standard InChI is InChI=1S/C41H76N6O9/c1-4-5-28-55-29-30-56-33-38(50)43-26-21-17-13-8-6-10-14-18-22-36(48)42-25-20-16-12-9-7-11-15-19-23-37(49)44-35(39(51)52)24-27-47-32-34(45-46-47)31-41(2,3)40(53)54/h32,35,45-46H,4-31,33H2,1-3H3,(H,42,48)(H,43,50)(H,44,49)(H,51,52)(H,53,54). The van der Waals surface area contributed by atoms with Crippen molar-refractivity contribution in [3.05, 3.63) is 11.9 Å². The highest BCUT2D eigenvalue weighted by molar-refractivity contribution is 5.83. The first-order chi connectivity index (χ1) is 26.9. The number of hydrogen-bond donors (Lipinski definition) is 7. The number of hydrazine groups is 2. The predicted molar refractivity (Wildman–Crippen MR) is 217 cm³/mol. The van der Waals surface area contributed by atoms with Crippen molar-refractivity contribution in [1.82, 2.24) is 31.9 Å². The minimum atomic E-state index is -1.09. The van der Waals surface area contributed by atoms with Crippen molar-refractivity contribution in [3.63, 3.8) is 0 Å². The molecular weight excluding hydrogens is 720 g/mol. The molecule has 1 unspecified atom stereocenters. The molecule has 0 saturated carbocycles. The van der Waals surface area contributed by atoms with E-state index in [-0.39, 0.29) is 37.2 Å². The van der Waals surface area contributed by atoms with Gasteiger partial charge in [0.1, 0.15) is 12.6 Å². The second-order valence-electron chi connectivity index (χ2n) is 15.6. The Labute approximate surface area is 336 Å². The van der Waals surface area contributed by atoms with Gasteiger partial charge in [0.25, 0.3) is 0 Å². The zero-order chi connectivity index (χ0) is 41.3. The van der Waals surface area contributed by atoms with E-state index < -0.39 is 23.4 Å². The van der Waals surface area contributed by atoms with Gasteiger partial charge in [0.2, 0.25) is 17.7 Å². The fourth-order valence-electron chi connectivity index (χ4n) is 6.12. The van der Waals surface area contributed by atoms with Gasteiger partial charge in [0.05, 0.1) is 18.6 Å². The molecule has 0 saturated heterocycles. The Morgan fingerprint density at radius 2 is 1.21 bits per heavy atom. The maximum atomic E-state index is 12.4. The van der Waals surface area contributed by atoms with Crippen LogP contribution in [0.15, 0.2) is 11.9 Å². The molecule has 0 radical (unpaired) electrons. The topological polar surface area (TPSA) is 208 Å². The molecule has 15 heteroatoms. The van der Waals surface area contributed by atoms with Crippen molar-refractivity contribution in [1.29, 1.82) is 0 Å². The lowest BCUT2D eigenvalue weighted by Crippen LogP contribution is -2.44. The van der Waals surface area contributed by atoms with E-state index in [9.17, 15) is 34.2 Å². The molecule has 56 heavy (non-hydrogen) atoms. The minimum Gasteiger partial charge on any atom is -0.481 e. The molecule has 7 N–H and O–H groups in total. The Balaban J connectivity index is 1.90. The summed E-state index contributed by atoms with van der Waals surface area (Å²) in [6, 6.07) is -1.01. The first-order valence-corrected chi connectivity index (χ1v) is 21.4. The van der Waals surface area contributed by atoms with Crippen LogP contribution in [0.3, 0.4) is 0 Å². The maximum Gasteiger partial charge on any atom is 0.326 e. The Morgan fingerprint density at radius 1 is 0.696 bits per heavy atom. The monoisotopic (exact) mass is 797 g/mol. The molecule has 0 aromatic rings. The summed E-state index contributed by atoms with van der Waals surface area (Å²) in [4.78, 5) is 59.4. The molecule has 0 aliphatic carbocycles. The Kier molecular flexibility index (Phi) is 29.5. The number of nitrogens with zero attached hydrogens (tertiary/aromatic N) is 1. The molecule has 1 heterocycles. The Bertz CT molecular complexity index is 1140. The van der Waals surface area contributed by atoms with E-state index in [4.69, 9.17) is 9.47 Å². The van der Waals surface area contributed by atoms with Crippen LogP contribution in [0.2, 0.25) is 0 Å². The summed E-state index contributed by atoms with van der Waals surface area (Å²) in [5.74, 6) is -2.19. The lowest BCUT2D eigenvalue weighted by atomic mass is 9.88. The van der Waals surface area contributed by atoms with Crippen molar-refractivity contribution in [2.75, 3.05) is 46.1 Å². The van der Waals surface area contributed by atoms with Crippen LogP contribution in [0, 0.1) is 5.41 Å². The average molecular weight is 797 g/mol. The smallest absolute Gasteiger partial charge is 0.326 e. The molecule has 1 aliphatic rings. The van der Waals surface area contributed by atoms with Crippen LogP contribution in [-0.2, 0) is 33.4 Å². The number of aliphatic carboxylic acids is 2. The Morgan fingerprint density at radius 3 is 1.77 bits per heavy atom. The third-order valence-corrected chi connectivity index (χ3v) is 9.73. The van der Waals surface area contributed by atoms with Gasteiger partial charge in [0, 0.05) is 57.4 Å². The third kappa shape index (κ3) is 28.0. The molecule has 0 aromatic carbocycles. The number of allylic oxidation sites excluding steroid dienone is 1. The molecule has 15 nitrogen and oxygen atoms in total. The minimum absolute atomic E-state index is 0.0701. The summed E-state index contributed by atoms with van der Waals surface area (Å²) in [7, 11) is 0. The number of ether oxygens (including phenoxy) is 2. The number of amides is 3. The Hall–Kier alpha value is -3.43. The quantitative estimate of drug-likeness (QED) is 0.0376. The number of rotatable bonds is 38. The number of carboxylic acids is 2. The largest absolute Gasteiger partial charge is 0.481 e. The highest BCUT2D eigenvalue weighted by Crippen LogP contribution is 2.25. The predicted octanol–water partition coefficient (Wildman–Crippen LogP) is 5.70. The molecule has 0 fully saturated rings. The summed E-state index contributed by atoms with van der Waals surface area (Å²) in [5, 5.41) is 29.1. The molecular formula is C41H76N6O9.